The van der Waals surface area contributed by atoms with Gasteiger partial charge >= 0.3 is 0 Å². The van der Waals surface area contributed by atoms with Gasteiger partial charge in [-0.2, -0.15) is 0 Å². The van der Waals surface area contributed by atoms with Crippen molar-refractivity contribution in [1.29, 1.82) is 0 Å². The van der Waals surface area contributed by atoms with Crippen LogP contribution >= 0.6 is 43.2 Å². The van der Waals surface area contributed by atoms with E-state index in [1.54, 1.807) is 0 Å². The highest BCUT2D eigenvalue weighted by molar-refractivity contribution is 9.13. The number of para-hydroxylation sites is 1. The number of halogens is 2. The van der Waals surface area contributed by atoms with Crippen LogP contribution in [0.5, 0.6) is 0 Å². The van der Waals surface area contributed by atoms with Gasteiger partial charge in [-0.1, -0.05) is 31.9 Å². The molecule has 0 bridgehead atoms. The summed E-state index contributed by atoms with van der Waals surface area (Å²) in [6, 6.07) is 10.3. The van der Waals surface area contributed by atoms with E-state index in [4.69, 9.17) is 0 Å². The van der Waals surface area contributed by atoms with Crippen molar-refractivity contribution in [2.24, 2.45) is 11.8 Å². The van der Waals surface area contributed by atoms with Crippen molar-refractivity contribution in [3.63, 3.8) is 0 Å². The number of nitrogens with one attached hydrogen (secondary N) is 1. The van der Waals surface area contributed by atoms with Crippen molar-refractivity contribution in [3.05, 3.63) is 49.3 Å². The number of aromatic nitrogens is 2. The Kier molecular flexibility index (Phi) is 9.32. The van der Waals surface area contributed by atoms with E-state index < -0.39 is 0 Å². The maximum Gasteiger partial charge on any atom is 0.139 e. The van der Waals surface area contributed by atoms with Crippen LogP contribution in [0, 0.1) is 18.8 Å². The molecule has 2 heterocycles. The van der Waals surface area contributed by atoms with Crippen molar-refractivity contribution >= 4 is 59.9 Å². The minimum atomic E-state index is 0.812. The van der Waals surface area contributed by atoms with Gasteiger partial charge in [0.05, 0.1) is 9.30 Å². The van der Waals surface area contributed by atoms with Crippen LogP contribution in [0.4, 0.5) is 5.82 Å². The van der Waals surface area contributed by atoms with Gasteiger partial charge in [0.1, 0.15) is 11.6 Å². The molecule has 31 heavy (non-hydrogen) atoms. The Balaban J connectivity index is 0.000000179. The summed E-state index contributed by atoms with van der Waals surface area (Å²) in [5.41, 5.74) is 1.00. The second-order valence-electron chi connectivity index (χ2n) is 8.60. The maximum absolute atomic E-state index is 4.42. The SMILES string of the molecule is CC1CCC(CNCc2cc(Br)c(Br)s2)CC1.Cc1nc(N(C)C)c2ccccc2n1. The molecule has 4 nitrogen and oxygen atoms in total. The molecule has 1 aromatic carbocycles. The van der Waals surface area contributed by atoms with Gasteiger partial charge in [-0.3, -0.25) is 0 Å². The van der Waals surface area contributed by atoms with Crippen LogP contribution in [0.25, 0.3) is 10.9 Å². The highest BCUT2D eigenvalue weighted by Gasteiger charge is 2.17. The number of rotatable bonds is 5. The van der Waals surface area contributed by atoms with Gasteiger partial charge < -0.3 is 10.2 Å². The molecule has 0 atom stereocenters. The monoisotopic (exact) mass is 566 g/mol. The molecule has 3 aromatic rings. The van der Waals surface area contributed by atoms with E-state index >= 15 is 0 Å². The van der Waals surface area contributed by atoms with Crippen LogP contribution in [0.3, 0.4) is 0 Å². The molecule has 0 unspecified atom stereocenters. The number of nitrogens with zero attached hydrogens (tertiary/aromatic N) is 3. The number of thiophene rings is 1. The minimum Gasteiger partial charge on any atom is -0.362 e. The average molecular weight is 568 g/mol. The van der Waals surface area contributed by atoms with Crippen molar-refractivity contribution in [3.8, 4) is 0 Å². The summed E-state index contributed by atoms with van der Waals surface area (Å²) in [7, 11) is 3.99. The molecule has 1 aliphatic carbocycles. The molecule has 1 aliphatic rings. The Morgan fingerprint density at radius 1 is 1.10 bits per heavy atom. The molecule has 1 N–H and O–H groups in total. The van der Waals surface area contributed by atoms with E-state index in [0.717, 1.165) is 40.9 Å². The zero-order valence-electron chi connectivity index (χ0n) is 18.8. The highest BCUT2D eigenvalue weighted by atomic mass is 79.9. The molecule has 0 amide bonds. The molecule has 2 aromatic heterocycles. The maximum atomic E-state index is 4.42. The lowest BCUT2D eigenvalue weighted by Gasteiger charge is -2.26. The molecule has 0 aliphatic heterocycles. The van der Waals surface area contributed by atoms with E-state index in [0.29, 0.717) is 0 Å². The van der Waals surface area contributed by atoms with Gasteiger partial charge in [-0.05, 0) is 88.2 Å². The topological polar surface area (TPSA) is 41.1 Å². The molecule has 1 fully saturated rings. The van der Waals surface area contributed by atoms with Crippen molar-refractivity contribution < 1.29 is 0 Å². The summed E-state index contributed by atoms with van der Waals surface area (Å²) >= 11 is 8.87. The molecule has 4 rings (SSSR count). The lowest BCUT2D eigenvalue weighted by atomic mass is 9.83. The van der Waals surface area contributed by atoms with Gasteiger partial charge in [0.25, 0.3) is 0 Å². The lowest BCUT2D eigenvalue weighted by Crippen LogP contribution is -2.25. The molecule has 1 saturated carbocycles. The summed E-state index contributed by atoms with van der Waals surface area (Å²) in [5, 5.41) is 4.70. The van der Waals surface area contributed by atoms with Crippen LogP contribution in [0.1, 0.15) is 43.3 Å². The molecule has 0 saturated heterocycles. The molecule has 0 spiro atoms. The zero-order valence-corrected chi connectivity index (χ0v) is 22.8. The first-order valence-electron chi connectivity index (χ1n) is 10.9. The smallest absolute Gasteiger partial charge is 0.139 e. The Morgan fingerprint density at radius 2 is 1.81 bits per heavy atom. The van der Waals surface area contributed by atoms with Crippen LogP contribution in [-0.4, -0.2) is 30.6 Å². The standard InChI is InChI=1S/C13H19Br2NS.C11H13N3/c1-9-2-4-10(5-3-9)7-16-8-11-6-12(14)13(15)17-11;1-8-12-10-7-5-4-6-9(10)11(13-8)14(2)3/h6,9-10,16H,2-5,7-8H2,1H3;4-7H,1-3H3. The second-order valence-corrected chi connectivity index (χ2v) is 11.9. The fourth-order valence-electron chi connectivity index (χ4n) is 3.93. The molecular weight excluding hydrogens is 536 g/mol. The first-order valence-corrected chi connectivity index (χ1v) is 13.3. The summed E-state index contributed by atoms with van der Waals surface area (Å²) in [6.45, 7) is 6.48. The van der Waals surface area contributed by atoms with E-state index in [1.165, 1.54) is 45.4 Å². The summed E-state index contributed by atoms with van der Waals surface area (Å²) in [6.07, 6.45) is 5.66. The fraction of sp³-hybridized carbons (Fsp3) is 0.500. The van der Waals surface area contributed by atoms with Gasteiger partial charge in [-0.15, -0.1) is 11.3 Å². The van der Waals surface area contributed by atoms with Gasteiger partial charge in [0.15, 0.2) is 0 Å². The molecular formula is C24H32Br2N4S. The Hall–Kier alpha value is -1.02. The van der Waals surface area contributed by atoms with E-state index in [-0.39, 0.29) is 0 Å². The van der Waals surface area contributed by atoms with Crippen LogP contribution in [0.15, 0.2) is 38.6 Å². The predicted octanol–water partition coefficient (Wildman–Crippen LogP) is 7.19. The first-order chi connectivity index (χ1) is 14.8. The lowest BCUT2D eigenvalue weighted by molar-refractivity contribution is 0.281. The molecule has 0 radical (unpaired) electrons. The Morgan fingerprint density at radius 3 is 2.45 bits per heavy atom. The fourth-order valence-corrected chi connectivity index (χ4v) is 6.07. The third-order valence-corrected chi connectivity index (χ3v) is 8.94. The third kappa shape index (κ3) is 7.24. The Bertz CT molecular complexity index is 961. The number of aryl methyl sites for hydroxylation is 1. The van der Waals surface area contributed by atoms with Crippen LogP contribution < -0.4 is 10.2 Å². The van der Waals surface area contributed by atoms with Crippen LogP contribution in [-0.2, 0) is 6.54 Å². The van der Waals surface area contributed by atoms with E-state index in [9.17, 15) is 0 Å². The summed E-state index contributed by atoms with van der Waals surface area (Å²) < 4.78 is 2.37. The van der Waals surface area contributed by atoms with Gasteiger partial charge in [0.2, 0.25) is 0 Å². The molecule has 168 valence electrons. The zero-order chi connectivity index (χ0) is 22.4. The summed E-state index contributed by atoms with van der Waals surface area (Å²) in [4.78, 5) is 12.2. The van der Waals surface area contributed by atoms with E-state index in [1.807, 2.05) is 61.5 Å². The number of anilines is 1. The number of hydrogen-bond donors (Lipinski definition) is 1. The third-order valence-electron chi connectivity index (χ3n) is 5.68. The van der Waals surface area contributed by atoms with Crippen molar-refractivity contribution in [2.75, 3.05) is 25.5 Å². The highest BCUT2D eigenvalue weighted by Crippen LogP contribution is 2.32. The van der Waals surface area contributed by atoms with Crippen LogP contribution in [0.2, 0.25) is 0 Å². The minimum absolute atomic E-state index is 0.812. The quantitative estimate of drug-likeness (QED) is 0.354. The predicted molar refractivity (Wildman–Crippen MR) is 141 cm³/mol. The summed E-state index contributed by atoms with van der Waals surface area (Å²) in [5.74, 6) is 3.65. The number of hydrogen-bond acceptors (Lipinski definition) is 5. The second kappa shape index (κ2) is 11.7. The largest absolute Gasteiger partial charge is 0.362 e. The Labute approximate surface area is 207 Å². The van der Waals surface area contributed by atoms with Gasteiger partial charge in [0, 0.05) is 35.4 Å². The van der Waals surface area contributed by atoms with E-state index in [2.05, 4.69) is 60.1 Å². The first kappa shape index (κ1) is 24.6. The number of fused-ring (bicyclic) bond motifs is 1. The van der Waals surface area contributed by atoms with Crippen molar-refractivity contribution in [2.45, 2.75) is 46.1 Å². The normalized spacial score (nSPS) is 18.5. The number of benzene rings is 1. The van der Waals surface area contributed by atoms with Gasteiger partial charge in [-0.25, -0.2) is 9.97 Å². The molecule has 7 heteroatoms. The average Bonchev–Trinajstić information content (AvgIpc) is 3.06. The van der Waals surface area contributed by atoms with Crippen molar-refractivity contribution in [1.82, 2.24) is 15.3 Å².